The van der Waals surface area contributed by atoms with E-state index in [9.17, 15) is 4.39 Å². The van der Waals surface area contributed by atoms with E-state index in [-0.39, 0.29) is 0 Å². The van der Waals surface area contributed by atoms with Gasteiger partial charge in [0.15, 0.2) is 5.79 Å². The molecule has 0 atom stereocenters. The van der Waals surface area contributed by atoms with E-state index in [0.717, 1.165) is 12.8 Å². The average Bonchev–Trinajstić information content (AvgIpc) is 2.31. The van der Waals surface area contributed by atoms with Gasteiger partial charge in [-0.25, -0.2) is 4.39 Å². The lowest BCUT2D eigenvalue weighted by molar-refractivity contribution is 0.0335. The molecule has 0 aromatic heterocycles. The highest BCUT2D eigenvalue weighted by Gasteiger charge is 2.39. The van der Waals surface area contributed by atoms with Gasteiger partial charge in [0, 0.05) is 12.1 Å². The first-order valence-electron chi connectivity index (χ1n) is 8.00. The van der Waals surface area contributed by atoms with Crippen LogP contribution in [0.25, 0.3) is 0 Å². The van der Waals surface area contributed by atoms with Crippen LogP contribution in [0.4, 0.5) is 4.39 Å². The highest BCUT2D eigenvalue weighted by Crippen LogP contribution is 2.45. The quantitative estimate of drug-likeness (QED) is 0.786. The molecule has 1 heterocycles. The molecule has 19 heavy (non-hydrogen) atoms. The number of hydrogen-bond acceptors (Lipinski definition) is 2. The third kappa shape index (κ3) is 4.16. The zero-order valence-corrected chi connectivity index (χ0v) is 13.1. The second-order valence-electron chi connectivity index (χ2n) is 7.52. The smallest absolute Gasteiger partial charge is 0.156 e. The topological polar surface area (TPSA) is 15.3 Å². The number of nitrogens with zero attached hydrogens (tertiary/aromatic N) is 1. The number of likely N-dealkylation sites (tertiary alicyclic amines) is 1. The summed E-state index contributed by atoms with van der Waals surface area (Å²) >= 11 is 0. The molecule has 1 saturated carbocycles. The van der Waals surface area contributed by atoms with Crippen molar-refractivity contribution in [3.8, 4) is 0 Å². The largest absolute Gasteiger partial charge is 0.301 e. The molecule has 1 saturated heterocycles. The molecule has 0 bridgehead atoms. The Morgan fingerprint density at radius 2 is 1.63 bits per heavy atom. The second kappa shape index (κ2) is 5.69. The van der Waals surface area contributed by atoms with Gasteiger partial charge in [0.1, 0.15) is 0 Å². The van der Waals surface area contributed by atoms with Crippen molar-refractivity contribution in [3.05, 3.63) is 0 Å². The predicted octanol–water partition coefficient (Wildman–Crippen LogP) is 3.71. The van der Waals surface area contributed by atoms with E-state index >= 15 is 0 Å². The lowest BCUT2D eigenvalue weighted by Crippen LogP contribution is -2.49. The number of nitrogens with one attached hydrogen (secondary N) is 1. The van der Waals surface area contributed by atoms with Gasteiger partial charge in [-0.3, -0.25) is 5.32 Å². The van der Waals surface area contributed by atoms with E-state index in [1.165, 1.54) is 38.8 Å². The van der Waals surface area contributed by atoms with Crippen molar-refractivity contribution in [2.75, 3.05) is 13.1 Å². The molecule has 3 heteroatoms. The maximum atomic E-state index is 13.6. The standard InChI is InChI=1S/C16H31FN2/c1-13(2)19-11-9-16(10-12-19)7-5-14(6-8-16)18-15(3,4)17/h13-14,18H,5-12H2,1-4H3. The fourth-order valence-corrected chi connectivity index (χ4v) is 3.87. The normalized spacial score (nSPS) is 26.2. The monoisotopic (exact) mass is 270 g/mol. The Balaban J connectivity index is 1.80. The first-order chi connectivity index (χ1) is 8.80. The van der Waals surface area contributed by atoms with Crippen molar-refractivity contribution < 1.29 is 4.39 Å². The van der Waals surface area contributed by atoms with Gasteiger partial charge in [-0.2, -0.15) is 0 Å². The van der Waals surface area contributed by atoms with Crippen LogP contribution < -0.4 is 5.32 Å². The minimum atomic E-state index is -1.23. The summed E-state index contributed by atoms with van der Waals surface area (Å²) in [6, 6.07) is 1.07. The van der Waals surface area contributed by atoms with Crippen molar-refractivity contribution in [3.63, 3.8) is 0 Å². The Bertz CT molecular complexity index is 278. The van der Waals surface area contributed by atoms with Crippen LogP contribution in [0.2, 0.25) is 0 Å². The maximum absolute atomic E-state index is 13.6. The lowest BCUT2D eigenvalue weighted by atomic mass is 9.67. The summed E-state index contributed by atoms with van der Waals surface area (Å²) in [4.78, 5) is 2.60. The van der Waals surface area contributed by atoms with Gasteiger partial charge >= 0.3 is 0 Å². The Morgan fingerprint density at radius 1 is 1.11 bits per heavy atom. The zero-order valence-electron chi connectivity index (χ0n) is 13.1. The molecule has 1 N–H and O–H groups in total. The molecule has 2 fully saturated rings. The van der Waals surface area contributed by atoms with Gasteiger partial charge in [-0.1, -0.05) is 0 Å². The average molecular weight is 270 g/mol. The Morgan fingerprint density at radius 3 is 2.05 bits per heavy atom. The Hall–Kier alpha value is -0.150. The van der Waals surface area contributed by atoms with E-state index in [2.05, 4.69) is 24.1 Å². The van der Waals surface area contributed by atoms with Crippen LogP contribution in [0.15, 0.2) is 0 Å². The second-order valence-corrected chi connectivity index (χ2v) is 7.52. The molecule has 0 unspecified atom stereocenters. The minimum absolute atomic E-state index is 0.383. The Labute approximate surface area is 118 Å². The van der Waals surface area contributed by atoms with E-state index in [1.54, 1.807) is 13.8 Å². The molecule has 0 aromatic carbocycles. The highest BCUT2D eigenvalue weighted by molar-refractivity contribution is 4.93. The van der Waals surface area contributed by atoms with Crippen LogP contribution in [0, 0.1) is 5.41 Å². The van der Waals surface area contributed by atoms with E-state index in [4.69, 9.17) is 0 Å². The number of hydrogen-bond donors (Lipinski definition) is 1. The summed E-state index contributed by atoms with van der Waals surface area (Å²) in [6.45, 7) is 10.3. The molecule has 112 valence electrons. The molecular formula is C16H31FN2. The summed E-state index contributed by atoms with van der Waals surface area (Å²) in [6.07, 6.45) is 7.55. The summed E-state index contributed by atoms with van der Waals surface area (Å²) in [5.74, 6) is -1.23. The van der Waals surface area contributed by atoms with Crippen molar-refractivity contribution in [1.29, 1.82) is 0 Å². The van der Waals surface area contributed by atoms with Crippen LogP contribution in [0.5, 0.6) is 0 Å². The zero-order chi connectivity index (χ0) is 14.1. The fraction of sp³-hybridized carbons (Fsp3) is 1.00. The van der Waals surface area contributed by atoms with Crippen LogP contribution in [-0.4, -0.2) is 35.9 Å². The highest BCUT2D eigenvalue weighted by atomic mass is 19.1. The molecule has 0 amide bonds. The molecular weight excluding hydrogens is 239 g/mol. The van der Waals surface area contributed by atoms with Gasteiger partial charge in [0.05, 0.1) is 0 Å². The predicted molar refractivity (Wildman–Crippen MR) is 79.0 cm³/mol. The third-order valence-corrected chi connectivity index (χ3v) is 5.18. The summed E-state index contributed by atoms with van der Waals surface area (Å²) in [5, 5.41) is 3.13. The van der Waals surface area contributed by atoms with Crippen LogP contribution in [0.1, 0.15) is 66.2 Å². The van der Waals surface area contributed by atoms with Crippen LogP contribution in [-0.2, 0) is 0 Å². The molecule has 1 spiro atoms. The van der Waals surface area contributed by atoms with Gasteiger partial charge in [0.2, 0.25) is 0 Å². The van der Waals surface area contributed by atoms with E-state index in [1.807, 2.05) is 0 Å². The molecule has 1 aliphatic heterocycles. The van der Waals surface area contributed by atoms with Crippen molar-refractivity contribution in [1.82, 2.24) is 10.2 Å². The van der Waals surface area contributed by atoms with Crippen molar-refractivity contribution in [2.45, 2.75) is 84.1 Å². The summed E-state index contributed by atoms with van der Waals surface area (Å²) < 4.78 is 13.6. The van der Waals surface area contributed by atoms with E-state index in [0.29, 0.717) is 17.5 Å². The van der Waals surface area contributed by atoms with Crippen LogP contribution in [0.3, 0.4) is 0 Å². The lowest BCUT2D eigenvalue weighted by Gasteiger charge is -2.47. The maximum Gasteiger partial charge on any atom is 0.156 e. The van der Waals surface area contributed by atoms with Crippen molar-refractivity contribution in [2.24, 2.45) is 5.41 Å². The Kier molecular flexibility index (Phi) is 4.56. The fourth-order valence-electron chi connectivity index (χ4n) is 3.87. The number of alkyl halides is 1. The van der Waals surface area contributed by atoms with Gasteiger partial charge < -0.3 is 4.90 Å². The summed E-state index contributed by atoms with van der Waals surface area (Å²) in [7, 11) is 0. The SMILES string of the molecule is CC(C)N1CCC2(CCC(NC(C)(C)F)CC2)CC1. The summed E-state index contributed by atoms with van der Waals surface area (Å²) in [5.41, 5.74) is 0.573. The van der Waals surface area contributed by atoms with E-state index < -0.39 is 5.79 Å². The van der Waals surface area contributed by atoms with Gasteiger partial charge in [-0.05, 0) is 84.7 Å². The van der Waals surface area contributed by atoms with Crippen molar-refractivity contribution >= 4 is 0 Å². The molecule has 2 nitrogen and oxygen atoms in total. The molecule has 0 aromatic rings. The van der Waals surface area contributed by atoms with Crippen LogP contribution >= 0.6 is 0 Å². The molecule has 2 aliphatic rings. The minimum Gasteiger partial charge on any atom is -0.301 e. The molecule has 0 radical (unpaired) electrons. The third-order valence-electron chi connectivity index (χ3n) is 5.18. The first kappa shape index (κ1) is 15.2. The number of halogens is 1. The van der Waals surface area contributed by atoms with Gasteiger partial charge in [0.25, 0.3) is 0 Å². The molecule has 2 rings (SSSR count). The van der Waals surface area contributed by atoms with Gasteiger partial charge in [-0.15, -0.1) is 0 Å². The number of piperidine rings is 1. The molecule has 1 aliphatic carbocycles. The first-order valence-corrected chi connectivity index (χ1v) is 8.00. The number of rotatable bonds is 3.